The highest BCUT2D eigenvalue weighted by Crippen LogP contribution is 2.31. The van der Waals surface area contributed by atoms with Crippen LogP contribution in [0.5, 0.6) is 0 Å². The van der Waals surface area contributed by atoms with Gasteiger partial charge in [0.25, 0.3) is 5.69 Å². The van der Waals surface area contributed by atoms with Crippen molar-refractivity contribution in [3.05, 3.63) is 39.4 Å². The summed E-state index contributed by atoms with van der Waals surface area (Å²) < 4.78 is 0. The minimum absolute atomic E-state index is 0.0505. The SMILES string of the molecule is CN1CCN(C(=O)C2Cc3ccc([N+](=O)[O-])cc3C2)CC1. The monoisotopic (exact) mass is 289 g/mol. The second-order valence-corrected chi connectivity index (χ2v) is 5.94. The van der Waals surface area contributed by atoms with Crippen LogP contribution >= 0.6 is 0 Å². The third kappa shape index (κ3) is 2.76. The fourth-order valence-corrected chi connectivity index (χ4v) is 3.18. The first-order valence-corrected chi connectivity index (χ1v) is 7.28. The maximum Gasteiger partial charge on any atom is 0.269 e. The first kappa shape index (κ1) is 14.0. The third-order valence-electron chi connectivity index (χ3n) is 4.50. The van der Waals surface area contributed by atoms with E-state index in [-0.39, 0.29) is 22.4 Å². The largest absolute Gasteiger partial charge is 0.340 e. The lowest BCUT2D eigenvalue weighted by molar-refractivity contribution is -0.384. The second kappa shape index (κ2) is 5.44. The number of nitrogens with zero attached hydrogens (tertiary/aromatic N) is 3. The van der Waals surface area contributed by atoms with Crippen LogP contribution in [-0.4, -0.2) is 53.9 Å². The molecule has 0 aromatic heterocycles. The lowest BCUT2D eigenvalue weighted by atomic mass is 10.0. The minimum atomic E-state index is -0.379. The zero-order valence-electron chi connectivity index (χ0n) is 12.1. The third-order valence-corrected chi connectivity index (χ3v) is 4.50. The Morgan fingerprint density at radius 1 is 1.19 bits per heavy atom. The fourth-order valence-electron chi connectivity index (χ4n) is 3.18. The number of hydrogen-bond donors (Lipinski definition) is 0. The van der Waals surface area contributed by atoms with Crippen molar-refractivity contribution in [1.29, 1.82) is 0 Å². The van der Waals surface area contributed by atoms with Crippen molar-refractivity contribution in [2.45, 2.75) is 12.8 Å². The van der Waals surface area contributed by atoms with Crippen molar-refractivity contribution in [3.8, 4) is 0 Å². The van der Waals surface area contributed by atoms with E-state index in [1.807, 2.05) is 4.90 Å². The van der Waals surface area contributed by atoms with E-state index < -0.39 is 0 Å². The normalized spacial score (nSPS) is 22.1. The number of piperazine rings is 1. The van der Waals surface area contributed by atoms with Gasteiger partial charge in [-0.2, -0.15) is 0 Å². The van der Waals surface area contributed by atoms with Crippen LogP contribution in [0.3, 0.4) is 0 Å². The number of benzene rings is 1. The van der Waals surface area contributed by atoms with E-state index in [1.54, 1.807) is 12.1 Å². The highest BCUT2D eigenvalue weighted by Gasteiger charge is 2.32. The number of carbonyl (C=O) groups is 1. The summed E-state index contributed by atoms with van der Waals surface area (Å²) in [6, 6.07) is 4.94. The van der Waals surface area contributed by atoms with E-state index in [9.17, 15) is 14.9 Å². The number of rotatable bonds is 2. The van der Waals surface area contributed by atoms with Gasteiger partial charge in [0.05, 0.1) is 4.92 Å². The van der Waals surface area contributed by atoms with Gasteiger partial charge in [-0.25, -0.2) is 0 Å². The maximum absolute atomic E-state index is 12.6. The Hall–Kier alpha value is -1.95. The van der Waals surface area contributed by atoms with Crippen molar-refractivity contribution in [1.82, 2.24) is 9.80 Å². The summed E-state index contributed by atoms with van der Waals surface area (Å²) in [6.45, 7) is 3.39. The van der Waals surface area contributed by atoms with Crippen LogP contribution in [0.4, 0.5) is 5.69 Å². The highest BCUT2D eigenvalue weighted by molar-refractivity contribution is 5.80. The van der Waals surface area contributed by atoms with Gasteiger partial charge in [0.1, 0.15) is 0 Å². The molecule has 1 aliphatic heterocycles. The molecule has 6 nitrogen and oxygen atoms in total. The predicted molar refractivity (Wildman–Crippen MR) is 78.1 cm³/mol. The standard InChI is InChI=1S/C15H19N3O3/c1-16-4-6-17(7-5-16)15(19)13-8-11-2-3-14(18(20)21)10-12(11)9-13/h2-3,10,13H,4-9H2,1H3. The molecule has 1 unspecified atom stereocenters. The van der Waals surface area contributed by atoms with Crippen LogP contribution in [0.15, 0.2) is 18.2 Å². The molecule has 0 radical (unpaired) electrons. The Bertz CT molecular complexity index is 580. The molecule has 6 heteroatoms. The van der Waals surface area contributed by atoms with E-state index in [0.717, 1.165) is 37.3 Å². The summed E-state index contributed by atoms with van der Waals surface area (Å²) >= 11 is 0. The average molecular weight is 289 g/mol. The quantitative estimate of drug-likeness (QED) is 0.603. The smallest absolute Gasteiger partial charge is 0.269 e. The lowest BCUT2D eigenvalue weighted by Gasteiger charge is -2.34. The lowest BCUT2D eigenvalue weighted by Crippen LogP contribution is -2.49. The first-order valence-electron chi connectivity index (χ1n) is 7.28. The molecule has 1 aliphatic carbocycles. The van der Waals surface area contributed by atoms with Crippen LogP contribution in [0, 0.1) is 16.0 Å². The van der Waals surface area contributed by atoms with Crippen molar-refractivity contribution >= 4 is 11.6 Å². The summed E-state index contributed by atoms with van der Waals surface area (Å²) in [7, 11) is 2.06. The molecule has 3 rings (SSSR count). The molecule has 0 spiro atoms. The molecule has 21 heavy (non-hydrogen) atoms. The van der Waals surface area contributed by atoms with Crippen molar-refractivity contribution in [3.63, 3.8) is 0 Å². The van der Waals surface area contributed by atoms with Crippen LogP contribution in [0.1, 0.15) is 11.1 Å². The fraction of sp³-hybridized carbons (Fsp3) is 0.533. The molecule has 0 saturated carbocycles. The van der Waals surface area contributed by atoms with Gasteiger partial charge >= 0.3 is 0 Å². The molecule has 1 saturated heterocycles. The van der Waals surface area contributed by atoms with Gasteiger partial charge in [-0.15, -0.1) is 0 Å². The van der Waals surface area contributed by atoms with E-state index >= 15 is 0 Å². The summed E-state index contributed by atoms with van der Waals surface area (Å²) in [5, 5.41) is 10.8. The number of carbonyl (C=O) groups excluding carboxylic acids is 1. The molecular formula is C15H19N3O3. The molecule has 2 aliphatic rings. The Morgan fingerprint density at radius 2 is 1.86 bits per heavy atom. The first-order chi connectivity index (χ1) is 10.0. The molecule has 0 N–H and O–H groups in total. The number of non-ortho nitro benzene ring substituents is 1. The Kier molecular flexibility index (Phi) is 3.63. The molecule has 1 amide bonds. The van der Waals surface area contributed by atoms with Crippen LogP contribution in [-0.2, 0) is 17.6 Å². The zero-order valence-corrected chi connectivity index (χ0v) is 12.1. The molecule has 1 aromatic rings. The molecule has 1 aromatic carbocycles. The summed E-state index contributed by atoms with van der Waals surface area (Å²) in [6.07, 6.45) is 1.33. The number of likely N-dealkylation sites (N-methyl/N-ethyl adjacent to an activating group) is 1. The Morgan fingerprint density at radius 3 is 2.52 bits per heavy atom. The van der Waals surface area contributed by atoms with Gasteiger partial charge in [0.2, 0.25) is 5.91 Å². The van der Waals surface area contributed by atoms with Crippen molar-refractivity contribution in [2.24, 2.45) is 5.92 Å². The van der Waals surface area contributed by atoms with Gasteiger partial charge in [0, 0.05) is 44.2 Å². The zero-order chi connectivity index (χ0) is 15.0. The van der Waals surface area contributed by atoms with Crippen LogP contribution in [0.25, 0.3) is 0 Å². The number of amides is 1. The number of nitro groups is 1. The summed E-state index contributed by atoms with van der Waals surface area (Å²) in [5.41, 5.74) is 2.14. The van der Waals surface area contributed by atoms with E-state index in [1.165, 1.54) is 6.07 Å². The molecular weight excluding hydrogens is 270 g/mol. The maximum atomic E-state index is 12.6. The predicted octanol–water partition coefficient (Wildman–Crippen LogP) is 1.08. The van der Waals surface area contributed by atoms with Gasteiger partial charge in [-0.05, 0) is 31.0 Å². The van der Waals surface area contributed by atoms with Crippen molar-refractivity contribution < 1.29 is 9.72 Å². The number of hydrogen-bond acceptors (Lipinski definition) is 4. The van der Waals surface area contributed by atoms with E-state index in [4.69, 9.17) is 0 Å². The van der Waals surface area contributed by atoms with Crippen LogP contribution < -0.4 is 0 Å². The molecule has 1 heterocycles. The molecule has 1 atom stereocenters. The van der Waals surface area contributed by atoms with Gasteiger partial charge in [-0.1, -0.05) is 6.07 Å². The van der Waals surface area contributed by atoms with Crippen molar-refractivity contribution in [2.75, 3.05) is 33.2 Å². The van der Waals surface area contributed by atoms with E-state index in [2.05, 4.69) is 11.9 Å². The summed E-state index contributed by atoms with van der Waals surface area (Å²) in [4.78, 5) is 27.2. The average Bonchev–Trinajstić information content (AvgIpc) is 2.90. The van der Waals surface area contributed by atoms with Gasteiger partial charge < -0.3 is 9.80 Å². The van der Waals surface area contributed by atoms with Gasteiger partial charge in [0.15, 0.2) is 0 Å². The Balaban J connectivity index is 1.69. The Labute approximate surface area is 123 Å². The molecule has 0 bridgehead atoms. The number of fused-ring (bicyclic) bond motifs is 1. The second-order valence-electron chi connectivity index (χ2n) is 5.94. The van der Waals surface area contributed by atoms with Crippen LogP contribution in [0.2, 0.25) is 0 Å². The topological polar surface area (TPSA) is 66.7 Å². The minimum Gasteiger partial charge on any atom is -0.340 e. The molecule has 112 valence electrons. The van der Waals surface area contributed by atoms with E-state index in [0.29, 0.717) is 12.8 Å². The number of nitro benzene ring substituents is 1. The molecule has 1 fully saturated rings. The highest BCUT2D eigenvalue weighted by atomic mass is 16.6. The van der Waals surface area contributed by atoms with Gasteiger partial charge in [-0.3, -0.25) is 14.9 Å². The summed E-state index contributed by atoms with van der Waals surface area (Å²) in [5.74, 6) is 0.146.